The van der Waals surface area contributed by atoms with Gasteiger partial charge in [0, 0.05) is 0 Å². The van der Waals surface area contributed by atoms with E-state index in [-0.39, 0.29) is 6.04 Å². The van der Waals surface area contributed by atoms with Crippen LogP contribution in [0.5, 0.6) is 11.5 Å². The first-order valence-electron chi connectivity index (χ1n) is 6.61. The summed E-state index contributed by atoms with van der Waals surface area (Å²) in [5, 5.41) is 0. The van der Waals surface area contributed by atoms with Gasteiger partial charge in [0.05, 0.1) is 20.3 Å². The molecule has 0 aliphatic carbocycles. The Labute approximate surface area is 120 Å². The van der Waals surface area contributed by atoms with Crippen molar-refractivity contribution in [3.8, 4) is 11.5 Å². The number of ether oxygens (including phenoxy) is 2. The van der Waals surface area contributed by atoms with Gasteiger partial charge < -0.3 is 15.2 Å². The molecule has 0 fully saturated rings. The Morgan fingerprint density at radius 1 is 0.800 bits per heavy atom. The number of hydrogen-bond acceptors (Lipinski definition) is 3. The first-order valence-corrected chi connectivity index (χ1v) is 6.61. The zero-order chi connectivity index (χ0) is 14.7. The number of aryl methyl sites for hydroxylation is 2. The summed E-state index contributed by atoms with van der Waals surface area (Å²) < 4.78 is 10.6. The molecule has 0 aromatic heterocycles. The largest absolute Gasteiger partial charge is 0.493 e. The van der Waals surface area contributed by atoms with Crippen molar-refractivity contribution >= 4 is 0 Å². The van der Waals surface area contributed by atoms with Gasteiger partial charge in [0.2, 0.25) is 0 Å². The van der Waals surface area contributed by atoms with Crippen LogP contribution in [0.25, 0.3) is 0 Å². The number of nitrogens with two attached hydrogens (primary N) is 1. The van der Waals surface area contributed by atoms with Crippen molar-refractivity contribution < 1.29 is 9.47 Å². The molecular weight excluding hydrogens is 250 g/mol. The summed E-state index contributed by atoms with van der Waals surface area (Å²) in [5.41, 5.74) is 11.0. The van der Waals surface area contributed by atoms with Crippen molar-refractivity contribution in [2.45, 2.75) is 19.9 Å². The fourth-order valence-electron chi connectivity index (χ4n) is 2.20. The van der Waals surface area contributed by atoms with Crippen molar-refractivity contribution in [1.29, 1.82) is 0 Å². The van der Waals surface area contributed by atoms with Gasteiger partial charge in [-0.15, -0.1) is 0 Å². The Morgan fingerprint density at radius 3 is 2.00 bits per heavy atom. The third-order valence-electron chi connectivity index (χ3n) is 3.66. The second-order valence-corrected chi connectivity index (χ2v) is 4.94. The summed E-state index contributed by atoms with van der Waals surface area (Å²) in [4.78, 5) is 0. The van der Waals surface area contributed by atoms with Gasteiger partial charge in [0.25, 0.3) is 0 Å². The predicted octanol–water partition coefficient (Wildman–Crippen LogP) is 3.37. The lowest BCUT2D eigenvalue weighted by Crippen LogP contribution is -2.12. The Balaban J connectivity index is 2.37. The van der Waals surface area contributed by atoms with Crippen LogP contribution >= 0.6 is 0 Å². The molecule has 0 aliphatic rings. The Morgan fingerprint density at radius 2 is 1.40 bits per heavy atom. The smallest absolute Gasteiger partial charge is 0.161 e. The lowest BCUT2D eigenvalue weighted by molar-refractivity contribution is 0.354. The van der Waals surface area contributed by atoms with Gasteiger partial charge in [-0.3, -0.25) is 0 Å². The normalized spacial score (nSPS) is 12.1. The van der Waals surface area contributed by atoms with Crippen LogP contribution in [0.15, 0.2) is 36.4 Å². The molecule has 2 aromatic rings. The number of hydrogen-bond donors (Lipinski definition) is 1. The molecule has 20 heavy (non-hydrogen) atoms. The van der Waals surface area contributed by atoms with E-state index in [4.69, 9.17) is 15.2 Å². The van der Waals surface area contributed by atoms with Crippen molar-refractivity contribution in [2.75, 3.05) is 14.2 Å². The second-order valence-electron chi connectivity index (χ2n) is 4.94. The lowest BCUT2D eigenvalue weighted by Gasteiger charge is -2.16. The monoisotopic (exact) mass is 271 g/mol. The molecule has 0 spiro atoms. The molecule has 1 atom stereocenters. The van der Waals surface area contributed by atoms with E-state index in [0.29, 0.717) is 11.5 Å². The third-order valence-corrected chi connectivity index (χ3v) is 3.66. The van der Waals surface area contributed by atoms with Crippen molar-refractivity contribution in [1.82, 2.24) is 0 Å². The molecule has 2 N–H and O–H groups in total. The summed E-state index contributed by atoms with van der Waals surface area (Å²) in [6, 6.07) is 11.9. The number of methoxy groups -OCH3 is 2. The number of benzene rings is 2. The maximum atomic E-state index is 6.35. The molecule has 0 bridgehead atoms. The maximum absolute atomic E-state index is 6.35. The van der Waals surface area contributed by atoms with Crippen molar-refractivity contribution in [3.05, 3.63) is 58.7 Å². The summed E-state index contributed by atoms with van der Waals surface area (Å²) in [5.74, 6) is 1.41. The van der Waals surface area contributed by atoms with Crippen LogP contribution in [0.2, 0.25) is 0 Å². The molecule has 0 radical (unpaired) electrons. The molecular formula is C17H21NO2. The Hall–Kier alpha value is -2.00. The zero-order valence-corrected chi connectivity index (χ0v) is 12.4. The van der Waals surface area contributed by atoms with Crippen LogP contribution in [-0.2, 0) is 0 Å². The van der Waals surface area contributed by atoms with Gasteiger partial charge in [-0.25, -0.2) is 0 Å². The molecule has 0 saturated heterocycles. The minimum atomic E-state index is -0.172. The summed E-state index contributed by atoms with van der Waals surface area (Å²) in [7, 11) is 3.25. The van der Waals surface area contributed by atoms with Crippen LogP contribution < -0.4 is 15.2 Å². The van der Waals surface area contributed by atoms with Gasteiger partial charge in [-0.05, 0) is 48.2 Å². The van der Waals surface area contributed by atoms with Crippen LogP contribution in [0.3, 0.4) is 0 Å². The second kappa shape index (κ2) is 5.97. The molecule has 2 rings (SSSR count). The van der Waals surface area contributed by atoms with Crippen LogP contribution in [0, 0.1) is 13.8 Å². The van der Waals surface area contributed by atoms with Gasteiger partial charge >= 0.3 is 0 Å². The summed E-state index contributed by atoms with van der Waals surface area (Å²) >= 11 is 0. The Bertz CT molecular complexity index is 608. The van der Waals surface area contributed by atoms with E-state index < -0.39 is 0 Å². The highest BCUT2D eigenvalue weighted by molar-refractivity contribution is 5.46. The van der Waals surface area contributed by atoms with E-state index in [1.807, 2.05) is 18.2 Å². The minimum absolute atomic E-state index is 0.172. The molecule has 106 valence electrons. The standard InChI is InChI=1S/C17H21NO2/c1-11-5-6-13(9-12(11)2)17(18)14-7-8-15(19-3)16(10-14)20-4/h5-10,17H,18H2,1-4H3. The van der Waals surface area contributed by atoms with E-state index >= 15 is 0 Å². The highest BCUT2D eigenvalue weighted by Crippen LogP contribution is 2.31. The van der Waals surface area contributed by atoms with Crippen molar-refractivity contribution in [2.24, 2.45) is 5.73 Å². The molecule has 3 heteroatoms. The Kier molecular flexibility index (Phi) is 4.30. The molecule has 2 aromatic carbocycles. The van der Waals surface area contributed by atoms with E-state index in [1.54, 1.807) is 14.2 Å². The fourth-order valence-corrected chi connectivity index (χ4v) is 2.20. The minimum Gasteiger partial charge on any atom is -0.493 e. The van der Waals surface area contributed by atoms with Gasteiger partial charge in [-0.1, -0.05) is 24.3 Å². The summed E-state index contributed by atoms with van der Waals surface area (Å²) in [6.07, 6.45) is 0. The first-order chi connectivity index (χ1) is 9.56. The lowest BCUT2D eigenvalue weighted by atomic mass is 9.96. The van der Waals surface area contributed by atoms with Gasteiger partial charge in [0.15, 0.2) is 11.5 Å². The van der Waals surface area contributed by atoms with Crippen LogP contribution in [0.4, 0.5) is 0 Å². The first kappa shape index (κ1) is 14.4. The average molecular weight is 271 g/mol. The third kappa shape index (κ3) is 2.78. The number of rotatable bonds is 4. The van der Waals surface area contributed by atoms with Gasteiger partial charge in [-0.2, -0.15) is 0 Å². The van der Waals surface area contributed by atoms with Crippen LogP contribution in [0.1, 0.15) is 28.3 Å². The fraction of sp³-hybridized carbons (Fsp3) is 0.294. The van der Waals surface area contributed by atoms with Crippen molar-refractivity contribution in [3.63, 3.8) is 0 Å². The molecule has 3 nitrogen and oxygen atoms in total. The maximum Gasteiger partial charge on any atom is 0.161 e. The zero-order valence-electron chi connectivity index (χ0n) is 12.4. The molecule has 0 heterocycles. The van der Waals surface area contributed by atoms with Crippen LogP contribution in [-0.4, -0.2) is 14.2 Å². The van der Waals surface area contributed by atoms with E-state index in [0.717, 1.165) is 11.1 Å². The predicted molar refractivity (Wildman–Crippen MR) is 81.5 cm³/mol. The SMILES string of the molecule is COc1ccc(C(N)c2ccc(C)c(C)c2)cc1OC. The molecule has 0 amide bonds. The highest BCUT2D eigenvalue weighted by Gasteiger charge is 2.13. The molecule has 1 unspecified atom stereocenters. The topological polar surface area (TPSA) is 44.5 Å². The van der Waals surface area contributed by atoms with E-state index in [9.17, 15) is 0 Å². The molecule has 0 saturated carbocycles. The summed E-state index contributed by atoms with van der Waals surface area (Å²) in [6.45, 7) is 4.20. The van der Waals surface area contributed by atoms with E-state index in [1.165, 1.54) is 11.1 Å². The van der Waals surface area contributed by atoms with E-state index in [2.05, 4.69) is 32.0 Å². The highest BCUT2D eigenvalue weighted by atomic mass is 16.5. The quantitative estimate of drug-likeness (QED) is 0.927. The van der Waals surface area contributed by atoms with Gasteiger partial charge in [0.1, 0.15) is 0 Å². The molecule has 0 aliphatic heterocycles. The average Bonchev–Trinajstić information content (AvgIpc) is 2.48.